The summed E-state index contributed by atoms with van der Waals surface area (Å²) in [4.78, 5) is 33.6. The number of nitrogens with zero attached hydrogens (tertiary/aromatic N) is 2. The van der Waals surface area contributed by atoms with Gasteiger partial charge in [-0.25, -0.2) is 4.79 Å². The second-order valence-corrected chi connectivity index (χ2v) is 4.02. The average Bonchev–Trinajstić information content (AvgIpc) is 2.68. The number of hydrogen-bond donors (Lipinski definition) is 3. The lowest BCUT2D eigenvalue weighted by Crippen LogP contribution is -2.43. The number of amides is 2. The quantitative estimate of drug-likeness (QED) is 0.626. The molecule has 0 aliphatic carbocycles. The van der Waals surface area contributed by atoms with E-state index >= 15 is 0 Å². The lowest BCUT2D eigenvalue weighted by molar-refractivity contribution is -0.140. The molecule has 0 bridgehead atoms. The minimum atomic E-state index is -1.34. The molecule has 0 aliphatic heterocycles. The topological polar surface area (TPSA) is 127 Å². The van der Waals surface area contributed by atoms with E-state index < -0.39 is 30.2 Å². The predicted molar refractivity (Wildman–Crippen MR) is 65.3 cm³/mol. The first kappa shape index (κ1) is 14.7. The highest BCUT2D eigenvalue weighted by Gasteiger charge is 2.24. The number of aromatic nitrogens is 2. The third-order valence-electron chi connectivity index (χ3n) is 2.44. The first-order valence-corrected chi connectivity index (χ1v) is 5.71. The fourth-order valence-corrected chi connectivity index (χ4v) is 1.60. The van der Waals surface area contributed by atoms with E-state index in [0.29, 0.717) is 12.2 Å². The molecule has 0 fully saturated rings. The number of nitrogens with one attached hydrogen (secondary N) is 1. The van der Waals surface area contributed by atoms with Gasteiger partial charge in [-0.3, -0.25) is 14.3 Å². The molecule has 0 saturated carbocycles. The predicted octanol–water partition coefficient (Wildman–Crippen LogP) is -0.730. The van der Waals surface area contributed by atoms with Crippen molar-refractivity contribution in [1.82, 2.24) is 15.1 Å². The van der Waals surface area contributed by atoms with Crippen LogP contribution in [0.25, 0.3) is 0 Å². The zero-order chi connectivity index (χ0) is 14.6. The van der Waals surface area contributed by atoms with E-state index in [2.05, 4.69) is 10.4 Å². The molecule has 0 aliphatic rings. The second kappa shape index (κ2) is 5.98. The Bertz CT molecular complexity index is 509. The molecule has 2 amide bonds. The van der Waals surface area contributed by atoms with Crippen LogP contribution in [0.4, 0.5) is 0 Å². The van der Waals surface area contributed by atoms with Crippen molar-refractivity contribution in [3.05, 3.63) is 17.5 Å². The van der Waals surface area contributed by atoms with Crippen LogP contribution in [0.15, 0.2) is 6.07 Å². The largest absolute Gasteiger partial charge is 0.480 e. The van der Waals surface area contributed by atoms with Crippen molar-refractivity contribution in [2.75, 3.05) is 0 Å². The molecule has 0 aromatic carbocycles. The minimum absolute atomic E-state index is 0.246. The minimum Gasteiger partial charge on any atom is -0.480 e. The normalized spacial score (nSPS) is 11.9. The summed E-state index contributed by atoms with van der Waals surface area (Å²) in [5.41, 5.74) is 5.83. The highest BCUT2D eigenvalue weighted by molar-refractivity contribution is 5.96. The summed E-state index contributed by atoms with van der Waals surface area (Å²) in [5, 5.41) is 15.2. The van der Waals surface area contributed by atoms with Gasteiger partial charge in [-0.2, -0.15) is 5.10 Å². The zero-order valence-electron chi connectivity index (χ0n) is 10.7. The van der Waals surface area contributed by atoms with Gasteiger partial charge in [0.15, 0.2) is 0 Å². The molecule has 0 radical (unpaired) electrons. The van der Waals surface area contributed by atoms with E-state index in [9.17, 15) is 14.4 Å². The molecule has 1 aromatic rings. The molecule has 19 heavy (non-hydrogen) atoms. The SMILES string of the molecule is CCn1nc(C)cc1C(=O)NC(CC(N)=O)C(=O)O. The van der Waals surface area contributed by atoms with Crippen molar-refractivity contribution in [3.8, 4) is 0 Å². The number of hydrogen-bond acceptors (Lipinski definition) is 4. The average molecular weight is 268 g/mol. The number of rotatable bonds is 6. The molecule has 1 atom stereocenters. The van der Waals surface area contributed by atoms with Gasteiger partial charge >= 0.3 is 5.97 Å². The van der Waals surface area contributed by atoms with Crippen LogP contribution in [-0.4, -0.2) is 38.7 Å². The summed E-state index contributed by atoms with van der Waals surface area (Å²) in [6, 6.07) is 0.202. The Kier molecular flexibility index (Phi) is 4.62. The third-order valence-corrected chi connectivity index (χ3v) is 2.44. The van der Waals surface area contributed by atoms with Gasteiger partial charge in [0.1, 0.15) is 11.7 Å². The smallest absolute Gasteiger partial charge is 0.326 e. The van der Waals surface area contributed by atoms with Crippen molar-refractivity contribution in [2.45, 2.75) is 32.9 Å². The molecule has 8 nitrogen and oxygen atoms in total. The summed E-state index contributed by atoms with van der Waals surface area (Å²) in [6.07, 6.45) is -0.458. The Hall–Kier alpha value is -2.38. The van der Waals surface area contributed by atoms with Crippen LogP contribution < -0.4 is 11.1 Å². The Labute approximate surface area is 109 Å². The Morgan fingerprint density at radius 2 is 2.16 bits per heavy atom. The first-order valence-electron chi connectivity index (χ1n) is 5.71. The summed E-state index contributed by atoms with van der Waals surface area (Å²) in [6.45, 7) is 4.01. The van der Waals surface area contributed by atoms with Gasteiger partial charge in [-0.15, -0.1) is 0 Å². The maximum Gasteiger partial charge on any atom is 0.326 e. The summed E-state index contributed by atoms with van der Waals surface area (Å²) >= 11 is 0. The van der Waals surface area contributed by atoms with Crippen LogP contribution in [-0.2, 0) is 16.1 Å². The molecular formula is C11H16N4O4. The van der Waals surface area contributed by atoms with Crippen molar-refractivity contribution in [1.29, 1.82) is 0 Å². The summed E-state index contributed by atoms with van der Waals surface area (Å²) < 4.78 is 1.45. The zero-order valence-corrected chi connectivity index (χ0v) is 10.7. The number of carboxylic acids is 1. The van der Waals surface area contributed by atoms with Crippen LogP contribution in [0.1, 0.15) is 29.5 Å². The van der Waals surface area contributed by atoms with Gasteiger partial charge in [0.05, 0.1) is 12.1 Å². The number of aryl methyl sites for hydroxylation is 2. The van der Waals surface area contributed by atoms with E-state index in [1.807, 2.05) is 0 Å². The molecule has 1 heterocycles. The number of carboxylic acid groups (broad SMARTS) is 1. The van der Waals surface area contributed by atoms with Crippen molar-refractivity contribution in [3.63, 3.8) is 0 Å². The molecule has 4 N–H and O–H groups in total. The molecule has 1 aromatic heterocycles. The van der Waals surface area contributed by atoms with E-state index in [4.69, 9.17) is 10.8 Å². The third kappa shape index (κ3) is 3.80. The molecule has 104 valence electrons. The summed E-state index contributed by atoms with van der Waals surface area (Å²) in [5.74, 6) is -2.71. The van der Waals surface area contributed by atoms with Gasteiger partial charge in [0, 0.05) is 6.54 Å². The molecular weight excluding hydrogens is 252 g/mol. The van der Waals surface area contributed by atoms with Gasteiger partial charge in [0.25, 0.3) is 5.91 Å². The van der Waals surface area contributed by atoms with E-state index in [1.54, 1.807) is 19.9 Å². The maximum atomic E-state index is 11.9. The van der Waals surface area contributed by atoms with Crippen LogP contribution in [0.5, 0.6) is 0 Å². The van der Waals surface area contributed by atoms with E-state index in [1.165, 1.54) is 4.68 Å². The second-order valence-electron chi connectivity index (χ2n) is 4.02. The van der Waals surface area contributed by atoms with Crippen molar-refractivity contribution < 1.29 is 19.5 Å². The van der Waals surface area contributed by atoms with Crippen LogP contribution >= 0.6 is 0 Å². The van der Waals surface area contributed by atoms with Crippen LogP contribution in [0.2, 0.25) is 0 Å². The summed E-state index contributed by atoms with van der Waals surface area (Å²) in [7, 11) is 0. The molecule has 1 unspecified atom stereocenters. The number of aliphatic carboxylic acids is 1. The van der Waals surface area contributed by atoms with Gasteiger partial charge in [-0.1, -0.05) is 0 Å². The van der Waals surface area contributed by atoms with Gasteiger partial charge in [0.2, 0.25) is 5.91 Å². The highest BCUT2D eigenvalue weighted by atomic mass is 16.4. The van der Waals surface area contributed by atoms with Crippen LogP contribution in [0.3, 0.4) is 0 Å². The lowest BCUT2D eigenvalue weighted by Gasteiger charge is -2.13. The molecule has 8 heteroatoms. The van der Waals surface area contributed by atoms with E-state index in [0.717, 1.165) is 0 Å². The van der Waals surface area contributed by atoms with Crippen LogP contribution in [0, 0.1) is 6.92 Å². The monoisotopic (exact) mass is 268 g/mol. The first-order chi connectivity index (χ1) is 8.85. The lowest BCUT2D eigenvalue weighted by atomic mass is 10.2. The van der Waals surface area contributed by atoms with Gasteiger partial charge in [-0.05, 0) is 19.9 Å². The highest BCUT2D eigenvalue weighted by Crippen LogP contribution is 2.05. The Morgan fingerprint density at radius 1 is 1.53 bits per heavy atom. The number of primary amides is 1. The molecule has 1 rings (SSSR count). The van der Waals surface area contributed by atoms with Gasteiger partial charge < -0.3 is 16.2 Å². The Balaban J connectivity index is 2.87. The van der Waals surface area contributed by atoms with Crippen molar-refractivity contribution in [2.24, 2.45) is 5.73 Å². The van der Waals surface area contributed by atoms with E-state index in [-0.39, 0.29) is 5.69 Å². The Morgan fingerprint density at radius 3 is 2.63 bits per heavy atom. The number of nitrogens with two attached hydrogens (primary N) is 1. The van der Waals surface area contributed by atoms with Crippen molar-refractivity contribution >= 4 is 17.8 Å². The number of carbonyl (C=O) groups excluding carboxylic acids is 2. The molecule has 0 saturated heterocycles. The maximum absolute atomic E-state index is 11.9. The standard InChI is InChI=1S/C11H16N4O4/c1-3-15-8(4-6(2)14-15)10(17)13-7(11(18)19)5-9(12)16/h4,7H,3,5H2,1-2H3,(H2,12,16)(H,13,17)(H,18,19). The number of carbonyl (C=O) groups is 3. The molecule has 0 spiro atoms. The fraction of sp³-hybridized carbons (Fsp3) is 0.455. The fourth-order valence-electron chi connectivity index (χ4n) is 1.60.